The monoisotopic (exact) mass is 368 g/mol. The van der Waals surface area contributed by atoms with Crippen LogP contribution in [0.4, 0.5) is 22.0 Å². The molecule has 0 aromatic heterocycles. The van der Waals surface area contributed by atoms with Crippen molar-refractivity contribution in [2.45, 2.75) is 18.3 Å². The number of ketones is 1. The molecule has 0 unspecified atom stereocenters. The first-order valence-electron chi connectivity index (χ1n) is 6.69. The quantitative estimate of drug-likeness (QED) is 0.334. The summed E-state index contributed by atoms with van der Waals surface area (Å²) in [5, 5.41) is 0. The van der Waals surface area contributed by atoms with Crippen LogP contribution in [0.25, 0.3) is 0 Å². The molecular weight excluding hydrogens is 355 g/mol. The number of halogens is 5. The summed E-state index contributed by atoms with van der Waals surface area (Å²) < 4.78 is 75.3. The van der Waals surface area contributed by atoms with Gasteiger partial charge in [0.25, 0.3) is 0 Å². The minimum Gasteiger partial charge on any atom is -0.466 e. The van der Waals surface area contributed by atoms with E-state index in [0.29, 0.717) is 14.2 Å². The topological polar surface area (TPSA) is 69.7 Å². The molecule has 0 heterocycles. The summed E-state index contributed by atoms with van der Waals surface area (Å²) in [4.78, 5) is 35.0. The van der Waals surface area contributed by atoms with Crippen molar-refractivity contribution >= 4 is 17.7 Å². The molecule has 0 saturated heterocycles. The Balaban J connectivity index is 3.32. The maximum atomic E-state index is 14.8. The van der Waals surface area contributed by atoms with Crippen LogP contribution in [0.3, 0.4) is 0 Å². The largest absolute Gasteiger partial charge is 0.466 e. The number of hydrogen-bond acceptors (Lipinski definition) is 5. The van der Waals surface area contributed by atoms with E-state index in [1.165, 1.54) is 0 Å². The predicted molar refractivity (Wildman–Crippen MR) is 72.8 cm³/mol. The molecule has 5 nitrogen and oxygen atoms in total. The van der Waals surface area contributed by atoms with Crippen molar-refractivity contribution in [3.8, 4) is 0 Å². The van der Waals surface area contributed by atoms with E-state index in [-0.39, 0.29) is 5.56 Å². The highest BCUT2D eigenvalue weighted by Crippen LogP contribution is 2.41. The van der Waals surface area contributed by atoms with E-state index in [0.717, 1.165) is 24.3 Å². The number of alkyl halides is 4. The third kappa shape index (κ3) is 4.31. The molecule has 0 saturated carbocycles. The number of carbonyl (C=O) groups is 3. The van der Waals surface area contributed by atoms with Crippen LogP contribution in [-0.2, 0) is 19.1 Å². The third-order valence-electron chi connectivity index (χ3n) is 3.40. The molecule has 138 valence electrons. The number of Topliss-reactive ketones (excluding diaryl/α,β-unsaturated/α-hetero) is 1. The number of hydrogen-bond donors (Lipinski definition) is 0. The zero-order valence-corrected chi connectivity index (χ0v) is 13.0. The molecule has 1 atom stereocenters. The van der Waals surface area contributed by atoms with Gasteiger partial charge in [-0.15, -0.1) is 0 Å². The Morgan fingerprint density at radius 1 is 0.960 bits per heavy atom. The molecular formula is C15H13F5O5. The zero-order chi connectivity index (χ0) is 19.4. The first-order valence-corrected chi connectivity index (χ1v) is 6.69. The maximum absolute atomic E-state index is 14.8. The summed E-state index contributed by atoms with van der Waals surface area (Å²) in [6, 6.07) is 3.42. The van der Waals surface area contributed by atoms with E-state index in [1.807, 2.05) is 0 Å². The number of benzene rings is 1. The summed E-state index contributed by atoms with van der Waals surface area (Å²) in [5.41, 5.74) is -4.62. The second-order valence-electron chi connectivity index (χ2n) is 4.92. The van der Waals surface area contributed by atoms with Crippen molar-refractivity contribution in [1.82, 2.24) is 0 Å². The normalized spacial score (nSPS) is 13.1. The molecule has 0 spiro atoms. The Hall–Kier alpha value is -2.52. The van der Waals surface area contributed by atoms with Gasteiger partial charge in [0.1, 0.15) is 11.7 Å². The zero-order valence-electron chi connectivity index (χ0n) is 13.0. The molecule has 25 heavy (non-hydrogen) atoms. The van der Waals surface area contributed by atoms with Crippen molar-refractivity contribution in [3.63, 3.8) is 0 Å². The summed E-state index contributed by atoms with van der Waals surface area (Å²) in [5.74, 6) is -9.63. The van der Waals surface area contributed by atoms with E-state index in [4.69, 9.17) is 0 Å². The van der Waals surface area contributed by atoms with Crippen LogP contribution in [0, 0.1) is 11.7 Å². The van der Waals surface area contributed by atoms with Gasteiger partial charge in [-0.1, -0.05) is 0 Å². The van der Waals surface area contributed by atoms with E-state index in [1.54, 1.807) is 0 Å². The Bertz CT molecular complexity index is 637. The molecule has 0 radical (unpaired) electrons. The fourth-order valence-electron chi connectivity index (χ4n) is 2.09. The number of rotatable bonds is 6. The smallest absolute Gasteiger partial charge is 0.396 e. The van der Waals surface area contributed by atoms with Gasteiger partial charge in [-0.2, -0.15) is 13.2 Å². The fourth-order valence-corrected chi connectivity index (χ4v) is 2.09. The van der Waals surface area contributed by atoms with Crippen LogP contribution in [0.1, 0.15) is 16.8 Å². The molecule has 0 aliphatic rings. The predicted octanol–water partition coefficient (Wildman–Crippen LogP) is 2.63. The van der Waals surface area contributed by atoms with E-state index < -0.39 is 47.7 Å². The van der Waals surface area contributed by atoms with Gasteiger partial charge in [0.05, 0.1) is 14.2 Å². The maximum Gasteiger partial charge on any atom is 0.396 e. The number of ether oxygens (including phenoxy) is 2. The summed E-state index contributed by atoms with van der Waals surface area (Å²) in [6.07, 6.45) is -7.04. The van der Waals surface area contributed by atoms with Gasteiger partial charge in [0.2, 0.25) is 0 Å². The van der Waals surface area contributed by atoms with Gasteiger partial charge in [0, 0.05) is 12.0 Å². The Morgan fingerprint density at radius 2 is 1.40 bits per heavy atom. The van der Waals surface area contributed by atoms with E-state index in [9.17, 15) is 36.3 Å². The lowest BCUT2D eigenvalue weighted by Gasteiger charge is -2.30. The molecule has 1 aromatic rings. The van der Waals surface area contributed by atoms with Crippen LogP contribution in [0.2, 0.25) is 0 Å². The van der Waals surface area contributed by atoms with Crippen LogP contribution in [0.15, 0.2) is 24.3 Å². The minimum absolute atomic E-state index is 0.354. The molecule has 0 N–H and O–H groups in total. The second kappa shape index (κ2) is 7.58. The Morgan fingerprint density at radius 3 is 1.76 bits per heavy atom. The first-order chi connectivity index (χ1) is 11.5. The highest BCUT2D eigenvalue weighted by atomic mass is 19.4. The van der Waals surface area contributed by atoms with Gasteiger partial charge in [-0.3, -0.25) is 4.79 Å². The lowest BCUT2D eigenvalue weighted by molar-refractivity contribution is -0.224. The molecule has 0 amide bonds. The number of esters is 2. The highest BCUT2D eigenvalue weighted by Gasteiger charge is 2.65. The third-order valence-corrected chi connectivity index (χ3v) is 3.40. The van der Waals surface area contributed by atoms with Crippen LogP contribution in [-0.4, -0.2) is 43.8 Å². The minimum atomic E-state index is -5.45. The van der Waals surface area contributed by atoms with Crippen molar-refractivity contribution in [3.05, 3.63) is 35.6 Å². The summed E-state index contributed by atoms with van der Waals surface area (Å²) in [7, 11) is 1.16. The average Bonchev–Trinajstić information content (AvgIpc) is 2.56. The second-order valence-corrected chi connectivity index (χ2v) is 4.92. The fraction of sp³-hybridized carbons (Fsp3) is 0.400. The van der Waals surface area contributed by atoms with E-state index >= 15 is 0 Å². The van der Waals surface area contributed by atoms with Crippen LogP contribution >= 0.6 is 0 Å². The highest BCUT2D eigenvalue weighted by molar-refractivity contribution is 6.05. The molecule has 0 aliphatic carbocycles. The summed E-state index contributed by atoms with van der Waals surface area (Å²) >= 11 is 0. The molecule has 1 rings (SSSR count). The molecule has 1 aromatic carbocycles. The Kier molecular flexibility index (Phi) is 6.22. The lowest BCUT2D eigenvalue weighted by Crippen LogP contribution is -2.55. The van der Waals surface area contributed by atoms with E-state index in [2.05, 4.69) is 9.47 Å². The Labute approximate surface area is 138 Å². The van der Waals surface area contributed by atoms with Gasteiger partial charge in [-0.05, 0) is 24.3 Å². The standard InChI is InChI=1S/C15H13F5O5/c1-24-12(22)14(17,13(23)25-2)11(15(18,19)20)7-10(21)8-3-5-9(16)6-4-8/h3-6,11H,7H2,1-2H3/t11-/m0/s1. The SMILES string of the molecule is COC(=O)C(F)(C(=O)OC)[C@H](CC(=O)c1ccc(F)cc1)C(F)(F)F. The summed E-state index contributed by atoms with van der Waals surface area (Å²) in [6.45, 7) is 0. The number of methoxy groups -OCH3 is 2. The van der Waals surface area contributed by atoms with Crippen molar-refractivity contribution < 1.29 is 45.8 Å². The van der Waals surface area contributed by atoms with Crippen molar-refractivity contribution in [2.24, 2.45) is 5.92 Å². The van der Waals surface area contributed by atoms with Gasteiger partial charge in [-0.25, -0.2) is 18.4 Å². The van der Waals surface area contributed by atoms with Gasteiger partial charge >= 0.3 is 23.8 Å². The van der Waals surface area contributed by atoms with Crippen molar-refractivity contribution in [2.75, 3.05) is 14.2 Å². The lowest BCUT2D eigenvalue weighted by atomic mass is 9.83. The molecule has 0 fully saturated rings. The van der Waals surface area contributed by atoms with Crippen LogP contribution < -0.4 is 0 Å². The number of carbonyl (C=O) groups excluding carboxylic acids is 3. The van der Waals surface area contributed by atoms with Crippen molar-refractivity contribution in [1.29, 1.82) is 0 Å². The molecule has 0 aliphatic heterocycles. The molecule has 0 bridgehead atoms. The average molecular weight is 368 g/mol. The molecule has 10 heteroatoms. The van der Waals surface area contributed by atoms with Gasteiger partial charge in [0.15, 0.2) is 5.78 Å². The van der Waals surface area contributed by atoms with Gasteiger partial charge < -0.3 is 9.47 Å². The first kappa shape index (κ1) is 20.5. The van der Waals surface area contributed by atoms with Crippen LogP contribution in [0.5, 0.6) is 0 Å².